The molecule has 0 amide bonds. The van der Waals surface area contributed by atoms with Gasteiger partial charge in [0, 0.05) is 23.5 Å². The standard InChI is InChI=1S/C15H28N2S/c1-5-8-14(12-16-6-2)17(4)13(3)11-15-9-7-10-18-15/h7,9-10,13-14,16H,5-6,8,11-12H2,1-4H3. The van der Waals surface area contributed by atoms with Crippen LogP contribution in [-0.2, 0) is 6.42 Å². The molecule has 0 fully saturated rings. The Morgan fingerprint density at radius 1 is 1.39 bits per heavy atom. The van der Waals surface area contributed by atoms with Crippen molar-refractivity contribution in [3.05, 3.63) is 22.4 Å². The van der Waals surface area contributed by atoms with Crippen molar-refractivity contribution in [1.82, 2.24) is 10.2 Å². The number of rotatable bonds is 9. The Morgan fingerprint density at radius 3 is 2.72 bits per heavy atom. The van der Waals surface area contributed by atoms with Gasteiger partial charge in [-0.3, -0.25) is 4.90 Å². The minimum absolute atomic E-state index is 0.610. The van der Waals surface area contributed by atoms with Crippen LogP contribution in [0.2, 0.25) is 0 Å². The van der Waals surface area contributed by atoms with E-state index in [1.807, 2.05) is 11.3 Å². The van der Waals surface area contributed by atoms with E-state index in [2.05, 4.69) is 55.5 Å². The van der Waals surface area contributed by atoms with E-state index in [4.69, 9.17) is 0 Å². The number of hydrogen-bond donors (Lipinski definition) is 1. The molecule has 0 spiro atoms. The lowest BCUT2D eigenvalue weighted by atomic mass is 10.1. The van der Waals surface area contributed by atoms with Crippen LogP contribution in [0.1, 0.15) is 38.5 Å². The molecule has 0 aliphatic carbocycles. The maximum atomic E-state index is 3.49. The fraction of sp³-hybridized carbons (Fsp3) is 0.733. The summed E-state index contributed by atoms with van der Waals surface area (Å²) in [5, 5.41) is 5.66. The summed E-state index contributed by atoms with van der Waals surface area (Å²) in [6.45, 7) is 8.96. The summed E-state index contributed by atoms with van der Waals surface area (Å²) in [5.74, 6) is 0. The lowest BCUT2D eigenvalue weighted by molar-refractivity contribution is 0.170. The van der Waals surface area contributed by atoms with Crippen LogP contribution < -0.4 is 5.32 Å². The molecule has 2 atom stereocenters. The zero-order chi connectivity index (χ0) is 13.4. The maximum absolute atomic E-state index is 3.49. The van der Waals surface area contributed by atoms with Crippen molar-refractivity contribution in [3.8, 4) is 0 Å². The van der Waals surface area contributed by atoms with E-state index in [1.54, 1.807) is 0 Å². The molecule has 1 rings (SSSR count). The van der Waals surface area contributed by atoms with Crippen molar-refractivity contribution in [2.75, 3.05) is 20.1 Å². The number of hydrogen-bond acceptors (Lipinski definition) is 3. The largest absolute Gasteiger partial charge is 0.315 e. The summed E-state index contributed by atoms with van der Waals surface area (Å²) in [4.78, 5) is 4.04. The van der Waals surface area contributed by atoms with Crippen LogP contribution in [0.5, 0.6) is 0 Å². The summed E-state index contributed by atoms with van der Waals surface area (Å²) in [6.07, 6.45) is 3.70. The second-order valence-electron chi connectivity index (χ2n) is 5.05. The van der Waals surface area contributed by atoms with Gasteiger partial charge in [0.1, 0.15) is 0 Å². The third-order valence-corrected chi connectivity index (χ3v) is 4.50. The van der Waals surface area contributed by atoms with Gasteiger partial charge in [-0.05, 0) is 44.8 Å². The number of nitrogens with one attached hydrogen (secondary N) is 1. The predicted octanol–water partition coefficient (Wildman–Crippen LogP) is 3.39. The Balaban J connectivity index is 2.49. The fourth-order valence-corrected chi connectivity index (χ4v) is 3.14. The van der Waals surface area contributed by atoms with Crippen molar-refractivity contribution in [2.24, 2.45) is 0 Å². The van der Waals surface area contributed by atoms with Crippen LogP contribution in [0.15, 0.2) is 17.5 Å². The highest BCUT2D eigenvalue weighted by molar-refractivity contribution is 7.09. The zero-order valence-electron chi connectivity index (χ0n) is 12.3. The first-order chi connectivity index (χ1) is 8.69. The van der Waals surface area contributed by atoms with Gasteiger partial charge in [-0.15, -0.1) is 11.3 Å². The summed E-state index contributed by atoms with van der Waals surface area (Å²) in [5.41, 5.74) is 0. The first kappa shape index (κ1) is 15.7. The Morgan fingerprint density at radius 2 is 2.17 bits per heavy atom. The number of likely N-dealkylation sites (N-methyl/N-ethyl adjacent to an activating group) is 2. The van der Waals surface area contributed by atoms with E-state index in [0.717, 1.165) is 13.1 Å². The second kappa shape index (κ2) is 8.68. The molecule has 0 radical (unpaired) electrons. The lowest BCUT2D eigenvalue weighted by Crippen LogP contribution is -2.45. The van der Waals surface area contributed by atoms with E-state index in [-0.39, 0.29) is 0 Å². The smallest absolute Gasteiger partial charge is 0.0220 e. The van der Waals surface area contributed by atoms with Crippen molar-refractivity contribution in [1.29, 1.82) is 0 Å². The van der Waals surface area contributed by atoms with Gasteiger partial charge in [-0.25, -0.2) is 0 Å². The molecule has 2 unspecified atom stereocenters. The van der Waals surface area contributed by atoms with Crippen molar-refractivity contribution in [3.63, 3.8) is 0 Å². The molecular formula is C15H28N2S. The first-order valence-electron chi connectivity index (χ1n) is 7.14. The van der Waals surface area contributed by atoms with Crippen LogP contribution in [0.25, 0.3) is 0 Å². The second-order valence-corrected chi connectivity index (χ2v) is 6.08. The van der Waals surface area contributed by atoms with Gasteiger partial charge < -0.3 is 5.32 Å². The molecule has 0 aliphatic heterocycles. The van der Waals surface area contributed by atoms with E-state index >= 15 is 0 Å². The minimum Gasteiger partial charge on any atom is -0.315 e. The minimum atomic E-state index is 0.610. The van der Waals surface area contributed by atoms with Crippen LogP contribution in [0, 0.1) is 0 Å². The molecule has 1 heterocycles. The van der Waals surface area contributed by atoms with Crippen molar-refractivity contribution < 1.29 is 0 Å². The fourth-order valence-electron chi connectivity index (χ4n) is 2.32. The molecule has 0 saturated heterocycles. The SMILES string of the molecule is CCCC(CNCC)N(C)C(C)Cc1cccs1. The molecule has 0 aliphatic rings. The third-order valence-electron chi connectivity index (χ3n) is 3.60. The number of nitrogens with zero attached hydrogens (tertiary/aromatic N) is 1. The maximum Gasteiger partial charge on any atom is 0.0220 e. The molecule has 1 aromatic rings. The molecular weight excluding hydrogens is 240 g/mol. The molecule has 18 heavy (non-hydrogen) atoms. The van der Waals surface area contributed by atoms with Crippen molar-refractivity contribution in [2.45, 2.75) is 52.1 Å². The summed E-state index contributed by atoms with van der Waals surface area (Å²) >= 11 is 1.87. The van der Waals surface area contributed by atoms with Gasteiger partial charge in [0.2, 0.25) is 0 Å². The monoisotopic (exact) mass is 268 g/mol. The quantitative estimate of drug-likeness (QED) is 0.738. The van der Waals surface area contributed by atoms with Crippen molar-refractivity contribution >= 4 is 11.3 Å². The van der Waals surface area contributed by atoms with Gasteiger partial charge in [-0.2, -0.15) is 0 Å². The van der Waals surface area contributed by atoms with Gasteiger partial charge in [0.25, 0.3) is 0 Å². The van der Waals surface area contributed by atoms with E-state index in [0.29, 0.717) is 12.1 Å². The molecule has 2 nitrogen and oxygen atoms in total. The molecule has 104 valence electrons. The summed E-state index contributed by atoms with van der Waals surface area (Å²) in [6, 6.07) is 5.66. The zero-order valence-corrected chi connectivity index (χ0v) is 13.1. The lowest BCUT2D eigenvalue weighted by Gasteiger charge is -2.33. The van der Waals surface area contributed by atoms with Gasteiger partial charge in [0.05, 0.1) is 0 Å². The van der Waals surface area contributed by atoms with Crippen LogP contribution in [0.4, 0.5) is 0 Å². The highest BCUT2D eigenvalue weighted by atomic mass is 32.1. The number of thiophene rings is 1. The summed E-state index contributed by atoms with van der Waals surface area (Å²) < 4.78 is 0. The molecule has 3 heteroatoms. The molecule has 1 aromatic heterocycles. The van der Waals surface area contributed by atoms with Gasteiger partial charge >= 0.3 is 0 Å². The molecule has 0 bridgehead atoms. The highest BCUT2D eigenvalue weighted by Crippen LogP contribution is 2.16. The Bertz CT molecular complexity index is 297. The van der Waals surface area contributed by atoms with Gasteiger partial charge in [-0.1, -0.05) is 26.3 Å². The molecule has 0 saturated carbocycles. The average Bonchev–Trinajstić information content (AvgIpc) is 2.86. The van der Waals surface area contributed by atoms with E-state index < -0.39 is 0 Å². The third kappa shape index (κ3) is 5.09. The predicted molar refractivity (Wildman–Crippen MR) is 82.5 cm³/mol. The first-order valence-corrected chi connectivity index (χ1v) is 8.02. The topological polar surface area (TPSA) is 15.3 Å². The Kier molecular flexibility index (Phi) is 7.56. The molecule has 0 aromatic carbocycles. The summed E-state index contributed by atoms with van der Waals surface area (Å²) in [7, 11) is 2.27. The Labute approximate surface area is 116 Å². The highest BCUT2D eigenvalue weighted by Gasteiger charge is 2.19. The van der Waals surface area contributed by atoms with Crippen LogP contribution in [-0.4, -0.2) is 37.1 Å². The normalized spacial score (nSPS) is 14.9. The van der Waals surface area contributed by atoms with Crippen LogP contribution in [0.3, 0.4) is 0 Å². The van der Waals surface area contributed by atoms with Crippen LogP contribution >= 0.6 is 11.3 Å². The van der Waals surface area contributed by atoms with Gasteiger partial charge in [0.15, 0.2) is 0 Å². The Hall–Kier alpha value is -0.380. The van der Waals surface area contributed by atoms with E-state index in [1.165, 1.54) is 24.1 Å². The van der Waals surface area contributed by atoms with E-state index in [9.17, 15) is 0 Å². The average molecular weight is 268 g/mol. The molecule has 1 N–H and O–H groups in total.